The maximum Gasteiger partial charge on any atom is 0.162 e. The molecule has 3 nitrogen and oxygen atoms in total. The van der Waals surface area contributed by atoms with Crippen LogP contribution in [-0.2, 0) is 0 Å². The average molecular weight is 252 g/mol. The second-order valence-electron chi connectivity index (χ2n) is 2.75. The summed E-state index contributed by atoms with van der Waals surface area (Å²) < 4.78 is 10.6. The van der Waals surface area contributed by atoms with Crippen molar-refractivity contribution in [3.63, 3.8) is 0 Å². The normalized spacial score (nSPS) is 9.27. The minimum Gasteiger partial charge on any atom is -0.493 e. The monoisotopic (exact) mass is 251 g/mol. The van der Waals surface area contributed by atoms with E-state index in [1.807, 2.05) is 7.05 Å². The molecule has 5 heteroatoms. The lowest BCUT2D eigenvalue weighted by molar-refractivity contribution is 0.295. The van der Waals surface area contributed by atoms with Crippen molar-refractivity contribution < 1.29 is 9.47 Å². The zero-order valence-electron chi connectivity index (χ0n) is 8.75. The average Bonchev–Trinajstić information content (AvgIpc) is 2.20. The van der Waals surface area contributed by atoms with E-state index in [2.05, 4.69) is 5.32 Å². The molecule has 0 radical (unpaired) electrons. The molecular formula is C10H15Cl2NO2. The molecule has 0 spiro atoms. The van der Waals surface area contributed by atoms with Crippen LogP contribution in [0.1, 0.15) is 0 Å². The lowest BCUT2D eigenvalue weighted by atomic mass is 10.3. The Morgan fingerprint density at radius 1 is 1.33 bits per heavy atom. The van der Waals surface area contributed by atoms with E-state index in [0.29, 0.717) is 23.1 Å². The van der Waals surface area contributed by atoms with Gasteiger partial charge in [-0.15, -0.1) is 12.4 Å². The third-order valence-electron chi connectivity index (χ3n) is 1.74. The summed E-state index contributed by atoms with van der Waals surface area (Å²) in [5, 5.41) is 3.64. The molecule has 0 atom stereocenters. The van der Waals surface area contributed by atoms with Gasteiger partial charge in [0.25, 0.3) is 0 Å². The van der Waals surface area contributed by atoms with Gasteiger partial charge in [0.2, 0.25) is 0 Å². The fourth-order valence-corrected chi connectivity index (χ4v) is 1.19. The van der Waals surface area contributed by atoms with Gasteiger partial charge in [-0.05, 0) is 19.2 Å². The van der Waals surface area contributed by atoms with Gasteiger partial charge in [0.05, 0.1) is 7.11 Å². The smallest absolute Gasteiger partial charge is 0.162 e. The van der Waals surface area contributed by atoms with Crippen molar-refractivity contribution in [1.29, 1.82) is 0 Å². The van der Waals surface area contributed by atoms with Gasteiger partial charge in [-0.3, -0.25) is 0 Å². The van der Waals surface area contributed by atoms with E-state index in [-0.39, 0.29) is 12.4 Å². The molecule has 0 unspecified atom stereocenters. The van der Waals surface area contributed by atoms with Crippen LogP contribution < -0.4 is 14.8 Å². The fourth-order valence-electron chi connectivity index (χ4n) is 1.02. The van der Waals surface area contributed by atoms with E-state index in [0.717, 1.165) is 6.54 Å². The Hall–Kier alpha value is -0.640. The van der Waals surface area contributed by atoms with Crippen LogP contribution in [0, 0.1) is 0 Å². The zero-order valence-corrected chi connectivity index (χ0v) is 10.3. The van der Waals surface area contributed by atoms with Crippen LogP contribution in [0.5, 0.6) is 11.5 Å². The molecule has 0 bridgehead atoms. The van der Waals surface area contributed by atoms with Crippen molar-refractivity contribution in [2.45, 2.75) is 0 Å². The number of hydrogen-bond acceptors (Lipinski definition) is 3. The Balaban J connectivity index is 0.00000196. The lowest BCUT2D eigenvalue weighted by Crippen LogP contribution is -2.16. The number of hydrogen-bond donors (Lipinski definition) is 1. The summed E-state index contributed by atoms with van der Waals surface area (Å²) in [6.07, 6.45) is 0. The molecule has 15 heavy (non-hydrogen) atoms. The Bertz CT molecular complexity index is 295. The highest BCUT2D eigenvalue weighted by Crippen LogP contribution is 2.29. The summed E-state index contributed by atoms with van der Waals surface area (Å²) >= 11 is 5.81. The van der Waals surface area contributed by atoms with Crippen molar-refractivity contribution in [1.82, 2.24) is 5.32 Å². The zero-order chi connectivity index (χ0) is 10.4. The van der Waals surface area contributed by atoms with Gasteiger partial charge in [0, 0.05) is 17.6 Å². The predicted octanol–water partition coefficient (Wildman–Crippen LogP) is 2.37. The molecule has 0 amide bonds. The molecule has 0 aromatic heterocycles. The van der Waals surface area contributed by atoms with E-state index >= 15 is 0 Å². The SMILES string of the molecule is CNCCOc1ccc(Cl)cc1OC.Cl. The quantitative estimate of drug-likeness (QED) is 0.816. The number of methoxy groups -OCH3 is 1. The largest absolute Gasteiger partial charge is 0.493 e. The summed E-state index contributed by atoms with van der Waals surface area (Å²) in [5.74, 6) is 1.38. The topological polar surface area (TPSA) is 30.5 Å². The first-order chi connectivity index (χ1) is 6.77. The number of likely N-dealkylation sites (N-methyl/N-ethyl adjacent to an activating group) is 1. The van der Waals surface area contributed by atoms with E-state index in [9.17, 15) is 0 Å². The Morgan fingerprint density at radius 3 is 2.67 bits per heavy atom. The highest BCUT2D eigenvalue weighted by molar-refractivity contribution is 6.30. The molecule has 1 N–H and O–H groups in total. The highest BCUT2D eigenvalue weighted by Gasteiger charge is 2.03. The van der Waals surface area contributed by atoms with E-state index in [1.165, 1.54) is 0 Å². The molecule has 1 rings (SSSR count). The minimum atomic E-state index is 0. The van der Waals surface area contributed by atoms with Gasteiger partial charge in [0.15, 0.2) is 11.5 Å². The Morgan fingerprint density at radius 2 is 2.07 bits per heavy atom. The number of nitrogens with one attached hydrogen (secondary N) is 1. The lowest BCUT2D eigenvalue weighted by Gasteiger charge is -2.10. The summed E-state index contributed by atoms with van der Waals surface area (Å²) in [6, 6.07) is 5.31. The van der Waals surface area contributed by atoms with Crippen LogP contribution in [-0.4, -0.2) is 27.3 Å². The molecule has 0 aliphatic carbocycles. The second kappa shape index (κ2) is 7.63. The van der Waals surface area contributed by atoms with Gasteiger partial charge in [0.1, 0.15) is 6.61 Å². The highest BCUT2D eigenvalue weighted by atomic mass is 35.5. The van der Waals surface area contributed by atoms with Crippen molar-refractivity contribution in [3.8, 4) is 11.5 Å². The molecule has 0 aliphatic rings. The van der Waals surface area contributed by atoms with Crippen LogP contribution in [0.4, 0.5) is 0 Å². The molecule has 1 aromatic carbocycles. The maximum atomic E-state index is 5.81. The van der Waals surface area contributed by atoms with Crippen molar-refractivity contribution in [3.05, 3.63) is 23.2 Å². The van der Waals surface area contributed by atoms with Gasteiger partial charge in [-0.1, -0.05) is 11.6 Å². The maximum absolute atomic E-state index is 5.81. The summed E-state index contributed by atoms with van der Waals surface area (Å²) in [7, 11) is 3.47. The van der Waals surface area contributed by atoms with Gasteiger partial charge < -0.3 is 14.8 Å². The van der Waals surface area contributed by atoms with E-state index in [1.54, 1.807) is 25.3 Å². The molecule has 0 fully saturated rings. The van der Waals surface area contributed by atoms with E-state index in [4.69, 9.17) is 21.1 Å². The minimum absolute atomic E-state index is 0. The number of benzene rings is 1. The first-order valence-electron chi connectivity index (χ1n) is 4.39. The number of halogens is 2. The van der Waals surface area contributed by atoms with Crippen LogP contribution >= 0.6 is 24.0 Å². The standard InChI is InChI=1S/C10H14ClNO2.ClH/c1-12-5-6-14-9-4-3-8(11)7-10(9)13-2;/h3-4,7,12H,5-6H2,1-2H3;1H. The van der Waals surface area contributed by atoms with E-state index < -0.39 is 0 Å². The second-order valence-corrected chi connectivity index (χ2v) is 3.18. The number of rotatable bonds is 5. The number of ether oxygens (including phenoxy) is 2. The van der Waals surface area contributed by atoms with Crippen LogP contribution in [0.15, 0.2) is 18.2 Å². The molecule has 86 valence electrons. The van der Waals surface area contributed by atoms with Gasteiger partial charge in [-0.2, -0.15) is 0 Å². The van der Waals surface area contributed by atoms with Gasteiger partial charge in [-0.25, -0.2) is 0 Å². The summed E-state index contributed by atoms with van der Waals surface area (Å²) in [5.41, 5.74) is 0. The van der Waals surface area contributed by atoms with Crippen molar-refractivity contribution >= 4 is 24.0 Å². The molecule has 0 saturated carbocycles. The van der Waals surface area contributed by atoms with Crippen LogP contribution in [0.2, 0.25) is 5.02 Å². The molecule has 0 saturated heterocycles. The third kappa shape index (κ3) is 4.60. The first kappa shape index (κ1) is 14.4. The van der Waals surface area contributed by atoms with Gasteiger partial charge >= 0.3 is 0 Å². The van der Waals surface area contributed by atoms with Crippen LogP contribution in [0.25, 0.3) is 0 Å². The Labute approximate surface area is 101 Å². The summed E-state index contributed by atoms with van der Waals surface area (Å²) in [4.78, 5) is 0. The summed E-state index contributed by atoms with van der Waals surface area (Å²) in [6.45, 7) is 1.40. The molecular weight excluding hydrogens is 237 g/mol. The predicted molar refractivity (Wildman–Crippen MR) is 64.7 cm³/mol. The third-order valence-corrected chi connectivity index (χ3v) is 1.97. The molecule has 0 aliphatic heterocycles. The molecule has 1 aromatic rings. The first-order valence-corrected chi connectivity index (χ1v) is 4.76. The van der Waals surface area contributed by atoms with Crippen LogP contribution in [0.3, 0.4) is 0 Å². The van der Waals surface area contributed by atoms with Crippen molar-refractivity contribution in [2.24, 2.45) is 0 Å². The van der Waals surface area contributed by atoms with Crippen molar-refractivity contribution in [2.75, 3.05) is 27.3 Å². The molecule has 0 heterocycles. The Kier molecular flexibility index (Phi) is 7.30. The fraction of sp³-hybridized carbons (Fsp3) is 0.400.